The molecule has 0 radical (unpaired) electrons. The molecule has 0 bridgehead atoms. The van der Waals surface area contributed by atoms with Crippen LogP contribution in [0, 0.1) is 5.82 Å². The first-order valence-electron chi connectivity index (χ1n) is 6.99. The molecule has 0 saturated heterocycles. The first kappa shape index (κ1) is 16.5. The monoisotopic (exact) mass is 332 g/mol. The maximum Gasteiger partial charge on any atom is 0.144 e. The molecule has 21 heavy (non-hydrogen) atoms. The first-order chi connectivity index (χ1) is 9.99. The average Bonchev–Trinajstić information content (AvgIpc) is 2.78. The van der Waals surface area contributed by atoms with E-state index in [2.05, 4.69) is 11.9 Å². The fraction of sp³-hybridized carbons (Fsp3) is 0.533. The number of rotatable bonds is 6. The maximum absolute atomic E-state index is 13.8. The third-order valence-electron chi connectivity index (χ3n) is 3.46. The molecule has 0 aliphatic carbocycles. The zero-order valence-corrected chi connectivity index (χ0v) is 13.9. The number of fused-ring (bicyclic) bond motifs is 1. The van der Waals surface area contributed by atoms with E-state index in [4.69, 9.17) is 27.9 Å². The Morgan fingerprint density at radius 2 is 2.14 bits per heavy atom. The maximum atomic E-state index is 13.8. The summed E-state index contributed by atoms with van der Waals surface area (Å²) in [4.78, 5) is 4.52. The summed E-state index contributed by atoms with van der Waals surface area (Å²) in [5, 5.41) is -0.213. The van der Waals surface area contributed by atoms with Gasteiger partial charge in [-0.15, -0.1) is 11.6 Å². The number of nitrogens with zero attached hydrogens (tertiary/aromatic N) is 2. The summed E-state index contributed by atoms with van der Waals surface area (Å²) < 4.78 is 21.1. The lowest BCUT2D eigenvalue weighted by molar-refractivity contribution is 0.150. The molecule has 0 aliphatic heterocycles. The predicted octanol–water partition coefficient (Wildman–Crippen LogP) is 5.12. The molecule has 1 aromatic carbocycles. The van der Waals surface area contributed by atoms with E-state index in [9.17, 15) is 4.39 Å². The Kier molecular flexibility index (Phi) is 5.47. The van der Waals surface area contributed by atoms with E-state index >= 15 is 0 Å². The number of methoxy groups -OCH3 is 1. The zero-order chi connectivity index (χ0) is 15.6. The van der Waals surface area contributed by atoms with Gasteiger partial charge in [0.25, 0.3) is 0 Å². The van der Waals surface area contributed by atoms with Crippen molar-refractivity contribution in [1.82, 2.24) is 9.55 Å². The van der Waals surface area contributed by atoms with Gasteiger partial charge in [-0.2, -0.15) is 0 Å². The molecule has 1 aromatic heterocycles. The molecule has 2 atom stereocenters. The molecule has 0 spiro atoms. The van der Waals surface area contributed by atoms with Crippen molar-refractivity contribution in [3.63, 3.8) is 0 Å². The average molecular weight is 333 g/mol. The van der Waals surface area contributed by atoms with Crippen LogP contribution in [-0.2, 0) is 4.74 Å². The molecule has 6 heteroatoms. The van der Waals surface area contributed by atoms with Crippen LogP contribution in [0.25, 0.3) is 11.0 Å². The van der Waals surface area contributed by atoms with Crippen LogP contribution in [0.3, 0.4) is 0 Å². The molecule has 0 amide bonds. The fourth-order valence-corrected chi connectivity index (χ4v) is 2.90. The van der Waals surface area contributed by atoms with Gasteiger partial charge in [0.2, 0.25) is 0 Å². The third kappa shape index (κ3) is 3.33. The highest BCUT2D eigenvalue weighted by Gasteiger charge is 2.22. The molecule has 2 rings (SSSR count). The van der Waals surface area contributed by atoms with Crippen LogP contribution in [0.5, 0.6) is 0 Å². The van der Waals surface area contributed by atoms with Crippen LogP contribution in [0.1, 0.15) is 43.9 Å². The van der Waals surface area contributed by atoms with Crippen molar-refractivity contribution in [3.8, 4) is 0 Å². The Morgan fingerprint density at radius 3 is 2.71 bits per heavy atom. The number of ether oxygens (including phenoxy) is 1. The standard InChI is InChI=1S/C15H19Cl2FN2O/c1-4-5-10(8-21-3)20-14-7-12(18)11(17)6-13(14)19-15(20)9(2)16/h6-7,9-10H,4-5,8H2,1-3H3. The van der Waals surface area contributed by atoms with Crippen LogP contribution in [0.15, 0.2) is 12.1 Å². The highest BCUT2D eigenvalue weighted by molar-refractivity contribution is 6.31. The van der Waals surface area contributed by atoms with Gasteiger partial charge >= 0.3 is 0 Å². The highest BCUT2D eigenvalue weighted by atomic mass is 35.5. The Hall–Kier alpha value is -0.840. The van der Waals surface area contributed by atoms with E-state index in [0.717, 1.165) is 12.8 Å². The molecule has 0 N–H and O–H groups in total. The molecule has 0 saturated carbocycles. The second kappa shape index (κ2) is 6.95. The highest BCUT2D eigenvalue weighted by Crippen LogP contribution is 2.32. The van der Waals surface area contributed by atoms with Crippen molar-refractivity contribution in [3.05, 3.63) is 28.8 Å². The second-order valence-corrected chi connectivity index (χ2v) is 6.17. The van der Waals surface area contributed by atoms with E-state index < -0.39 is 5.82 Å². The molecular formula is C15H19Cl2FN2O. The minimum atomic E-state index is -0.452. The molecule has 3 nitrogen and oxygen atoms in total. The van der Waals surface area contributed by atoms with Gasteiger partial charge < -0.3 is 9.30 Å². The van der Waals surface area contributed by atoms with Crippen molar-refractivity contribution >= 4 is 34.2 Å². The van der Waals surface area contributed by atoms with Crippen molar-refractivity contribution in [2.24, 2.45) is 0 Å². The molecule has 0 fully saturated rings. The minimum Gasteiger partial charge on any atom is -0.383 e. The normalized spacial score (nSPS) is 14.6. The minimum absolute atomic E-state index is 0.0692. The first-order valence-corrected chi connectivity index (χ1v) is 7.80. The lowest BCUT2D eigenvalue weighted by Gasteiger charge is -2.21. The van der Waals surface area contributed by atoms with E-state index in [1.54, 1.807) is 13.2 Å². The van der Waals surface area contributed by atoms with Gasteiger partial charge in [0.05, 0.1) is 34.1 Å². The quantitative estimate of drug-likeness (QED) is 0.686. The Labute approximate surface area is 134 Å². The van der Waals surface area contributed by atoms with Gasteiger partial charge in [0.1, 0.15) is 11.6 Å². The zero-order valence-electron chi connectivity index (χ0n) is 12.4. The summed E-state index contributed by atoms with van der Waals surface area (Å²) in [6, 6.07) is 3.04. The Morgan fingerprint density at radius 1 is 1.43 bits per heavy atom. The number of alkyl halides is 1. The van der Waals surface area contributed by atoms with Crippen molar-refractivity contribution in [2.75, 3.05) is 13.7 Å². The largest absolute Gasteiger partial charge is 0.383 e. The summed E-state index contributed by atoms with van der Waals surface area (Å²) in [6.07, 6.45) is 1.89. The smallest absolute Gasteiger partial charge is 0.144 e. The van der Waals surface area contributed by atoms with Gasteiger partial charge in [0.15, 0.2) is 0 Å². The number of hydrogen-bond donors (Lipinski definition) is 0. The number of aromatic nitrogens is 2. The summed E-state index contributed by atoms with van der Waals surface area (Å²) in [6.45, 7) is 4.48. The van der Waals surface area contributed by atoms with E-state index in [1.165, 1.54) is 6.07 Å². The van der Waals surface area contributed by atoms with Crippen molar-refractivity contribution in [2.45, 2.75) is 38.1 Å². The van der Waals surface area contributed by atoms with Crippen LogP contribution >= 0.6 is 23.2 Å². The third-order valence-corrected chi connectivity index (χ3v) is 3.95. The van der Waals surface area contributed by atoms with Gasteiger partial charge in [-0.25, -0.2) is 9.37 Å². The number of hydrogen-bond acceptors (Lipinski definition) is 2. The molecule has 116 valence electrons. The van der Waals surface area contributed by atoms with Gasteiger partial charge in [-0.3, -0.25) is 0 Å². The molecule has 0 aliphatic rings. The van der Waals surface area contributed by atoms with E-state index in [1.807, 2.05) is 11.5 Å². The lowest BCUT2D eigenvalue weighted by atomic mass is 10.1. The molecule has 2 unspecified atom stereocenters. The molecule has 2 aromatic rings. The SMILES string of the molecule is CCCC(COC)n1c(C(C)Cl)nc2cc(Cl)c(F)cc21. The molecule has 1 heterocycles. The van der Waals surface area contributed by atoms with Crippen molar-refractivity contribution in [1.29, 1.82) is 0 Å². The molecular weight excluding hydrogens is 314 g/mol. The van der Waals surface area contributed by atoms with Crippen LogP contribution in [0.2, 0.25) is 5.02 Å². The number of halogens is 3. The summed E-state index contributed by atoms with van der Waals surface area (Å²) in [5.74, 6) is 0.260. The summed E-state index contributed by atoms with van der Waals surface area (Å²) in [7, 11) is 1.66. The summed E-state index contributed by atoms with van der Waals surface area (Å²) in [5.41, 5.74) is 1.36. The topological polar surface area (TPSA) is 27.1 Å². The van der Waals surface area contributed by atoms with E-state index in [-0.39, 0.29) is 16.4 Å². The number of benzene rings is 1. The summed E-state index contributed by atoms with van der Waals surface area (Å²) >= 11 is 12.1. The van der Waals surface area contributed by atoms with Gasteiger partial charge in [-0.05, 0) is 19.4 Å². The van der Waals surface area contributed by atoms with Gasteiger partial charge in [0, 0.05) is 13.2 Å². The number of imidazole rings is 1. The van der Waals surface area contributed by atoms with Crippen molar-refractivity contribution < 1.29 is 9.13 Å². The fourth-order valence-electron chi connectivity index (χ4n) is 2.59. The van der Waals surface area contributed by atoms with Gasteiger partial charge in [-0.1, -0.05) is 24.9 Å². The predicted molar refractivity (Wildman–Crippen MR) is 84.8 cm³/mol. The second-order valence-electron chi connectivity index (χ2n) is 5.11. The van der Waals surface area contributed by atoms with Crippen LogP contribution < -0.4 is 0 Å². The Balaban J connectivity index is 2.66. The van der Waals surface area contributed by atoms with Crippen LogP contribution in [0.4, 0.5) is 4.39 Å². The van der Waals surface area contributed by atoms with E-state index in [0.29, 0.717) is 23.5 Å². The van der Waals surface area contributed by atoms with Crippen LogP contribution in [-0.4, -0.2) is 23.3 Å². The lowest BCUT2D eigenvalue weighted by Crippen LogP contribution is -2.17. The Bertz CT molecular complexity index is 622.